The zero-order chi connectivity index (χ0) is 28.6. The van der Waals surface area contributed by atoms with E-state index in [1.54, 1.807) is 53.3 Å². The number of hydrogen-bond acceptors (Lipinski definition) is 6. The summed E-state index contributed by atoms with van der Waals surface area (Å²) in [4.78, 5) is 36.7. The van der Waals surface area contributed by atoms with Crippen LogP contribution < -0.4 is 9.91 Å². The van der Waals surface area contributed by atoms with E-state index in [1.807, 2.05) is 24.3 Å². The molecule has 0 spiro atoms. The van der Waals surface area contributed by atoms with Gasteiger partial charge in [-0.2, -0.15) is 5.10 Å². The molecule has 2 amide bonds. The Balaban J connectivity index is 1.28. The Morgan fingerprint density at radius 2 is 1.90 bits per heavy atom. The topological polar surface area (TPSA) is 108 Å². The summed E-state index contributed by atoms with van der Waals surface area (Å²) in [7, 11) is 0. The Bertz CT molecular complexity index is 2080. The van der Waals surface area contributed by atoms with Crippen molar-refractivity contribution in [3.05, 3.63) is 78.8 Å². The number of benzene rings is 2. The Morgan fingerprint density at radius 1 is 1.05 bits per heavy atom. The first-order valence-electron chi connectivity index (χ1n) is 14.0. The highest BCUT2D eigenvalue weighted by Gasteiger charge is 2.44. The number of amides is 2. The Labute approximate surface area is 238 Å². The van der Waals surface area contributed by atoms with Gasteiger partial charge in [0, 0.05) is 52.9 Å². The molecule has 0 saturated carbocycles. The molecule has 4 aromatic heterocycles. The second-order valence-corrected chi connectivity index (χ2v) is 11.1. The Hall–Kier alpha value is -5.03. The number of quaternary nitrogens is 1. The first-order chi connectivity index (χ1) is 20.4. The van der Waals surface area contributed by atoms with Crippen LogP contribution >= 0.6 is 0 Å². The average Bonchev–Trinajstić information content (AvgIpc) is 3.57. The predicted octanol–water partition coefficient (Wildman–Crippen LogP) is 4.65. The number of nitrogens with one attached hydrogen (secondary N) is 1. The first kappa shape index (κ1) is 24.7. The minimum atomic E-state index is -0.374. The number of anilines is 1. The third-order valence-corrected chi connectivity index (χ3v) is 8.88. The number of hydrogen-bond donors (Lipinski definition) is 1. The van der Waals surface area contributed by atoms with Gasteiger partial charge in [0.25, 0.3) is 0 Å². The zero-order valence-corrected chi connectivity index (χ0v) is 22.8. The Kier molecular flexibility index (Phi) is 5.29. The molecule has 0 unspecified atom stereocenters. The highest BCUT2D eigenvalue weighted by atomic mass is 19.1. The highest BCUT2D eigenvalue weighted by Crippen LogP contribution is 2.42. The maximum atomic E-state index is 15.7. The predicted molar refractivity (Wildman–Crippen MR) is 157 cm³/mol. The first-order valence-corrected chi connectivity index (χ1v) is 14.0. The van der Waals surface area contributed by atoms with E-state index in [9.17, 15) is 9.59 Å². The lowest BCUT2D eigenvalue weighted by Crippen LogP contribution is -2.65. The molecule has 0 radical (unpaired) electrons. The number of carbonyl (C=O) groups is 2. The van der Waals surface area contributed by atoms with Crippen LogP contribution in [0.25, 0.3) is 43.8 Å². The summed E-state index contributed by atoms with van der Waals surface area (Å²) < 4.78 is 17.5. The monoisotopic (exact) mass is 561 g/mol. The largest absolute Gasteiger partial charge is 0.336 e. The van der Waals surface area contributed by atoms with E-state index in [0.29, 0.717) is 59.2 Å². The van der Waals surface area contributed by atoms with E-state index < -0.39 is 0 Å². The molecule has 1 fully saturated rings. The van der Waals surface area contributed by atoms with Gasteiger partial charge in [0.05, 0.1) is 41.7 Å². The molecule has 3 aliphatic heterocycles. The summed E-state index contributed by atoms with van der Waals surface area (Å²) in [6.07, 6.45) is 7.98. The standard InChI is InChI=1S/C31H25FN8O2/c1-18(41)40-11-7-19(8-12-40)31-30-21(23-14-28-20(13-24(23)32)15-35-39(28)40)3-2-4-27(30)38(37-31)17-29(42)36-25-6-10-34-26-16-33-9-5-22(25)26/h2-6,9-10,13-16,19H,7-8,11-12,17H2,1H3/p+1. The fourth-order valence-corrected chi connectivity index (χ4v) is 6.77. The fourth-order valence-electron chi connectivity index (χ4n) is 6.77. The average molecular weight is 562 g/mol. The van der Waals surface area contributed by atoms with Crippen LogP contribution in [0.2, 0.25) is 0 Å². The molecular weight excluding hydrogens is 535 g/mol. The van der Waals surface area contributed by atoms with E-state index in [-0.39, 0.29) is 34.7 Å². The van der Waals surface area contributed by atoms with Gasteiger partial charge >= 0.3 is 5.91 Å². The van der Waals surface area contributed by atoms with Gasteiger partial charge in [-0.3, -0.25) is 19.4 Å². The number of aromatic nitrogens is 6. The van der Waals surface area contributed by atoms with Gasteiger partial charge in [-0.1, -0.05) is 16.9 Å². The van der Waals surface area contributed by atoms with Crippen LogP contribution in [0.5, 0.6) is 0 Å². The van der Waals surface area contributed by atoms with Crippen molar-refractivity contribution in [1.29, 1.82) is 0 Å². The second kappa shape index (κ2) is 8.98. The summed E-state index contributed by atoms with van der Waals surface area (Å²) in [5, 5.41) is 14.9. The minimum Gasteiger partial charge on any atom is -0.324 e. The van der Waals surface area contributed by atoms with Crippen LogP contribution in [-0.2, 0) is 16.1 Å². The van der Waals surface area contributed by atoms with Crippen LogP contribution in [-0.4, -0.2) is 54.5 Å². The number of halogens is 1. The van der Waals surface area contributed by atoms with Gasteiger partial charge < -0.3 is 5.32 Å². The Morgan fingerprint density at radius 3 is 2.74 bits per heavy atom. The molecule has 10 nitrogen and oxygen atoms in total. The number of rotatable bonds is 3. The van der Waals surface area contributed by atoms with E-state index in [2.05, 4.69) is 20.4 Å². The van der Waals surface area contributed by atoms with E-state index in [1.165, 1.54) is 6.07 Å². The smallest absolute Gasteiger partial charge is 0.324 e. The van der Waals surface area contributed by atoms with E-state index >= 15 is 4.39 Å². The van der Waals surface area contributed by atoms with Crippen molar-refractivity contribution in [2.45, 2.75) is 32.2 Å². The van der Waals surface area contributed by atoms with Crippen LogP contribution in [0.15, 0.2) is 67.3 Å². The lowest BCUT2D eigenvalue weighted by atomic mass is 9.88. The van der Waals surface area contributed by atoms with Crippen molar-refractivity contribution >= 4 is 50.2 Å². The zero-order valence-electron chi connectivity index (χ0n) is 22.8. The molecular formula is C31H26FN8O2+. The van der Waals surface area contributed by atoms with Crippen LogP contribution in [0, 0.1) is 5.82 Å². The lowest BCUT2D eigenvalue weighted by Gasteiger charge is -2.39. The lowest BCUT2D eigenvalue weighted by molar-refractivity contribution is -0.137. The van der Waals surface area contributed by atoms with Crippen LogP contribution in [0.1, 0.15) is 31.4 Å². The summed E-state index contributed by atoms with van der Waals surface area (Å²) in [6, 6.07) is 12.6. The maximum Gasteiger partial charge on any atom is 0.336 e. The number of nitrogens with zero attached hydrogens (tertiary/aromatic N) is 7. The molecule has 1 N–H and O–H groups in total. The highest BCUT2D eigenvalue weighted by molar-refractivity contribution is 6.03. The van der Waals surface area contributed by atoms with Crippen molar-refractivity contribution < 1.29 is 14.0 Å². The van der Waals surface area contributed by atoms with Crippen molar-refractivity contribution in [2.75, 3.05) is 18.4 Å². The van der Waals surface area contributed by atoms with Gasteiger partial charge in [0.2, 0.25) is 5.91 Å². The molecule has 11 heteroatoms. The summed E-state index contributed by atoms with van der Waals surface area (Å²) in [6.45, 7) is 2.67. The molecule has 3 aliphatic rings. The SMILES string of the molecule is CC(=O)[N+]12CCC(CC1)c1nn(CC(=O)Nc3ccnc4cnccc34)c3cccc(c13)-c1cc3c(cnn32)cc1F. The van der Waals surface area contributed by atoms with Gasteiger partial charge in [-0.15, -0.1) is 9.69 Å². The van der Waals surface area contributed by atoms with Gasteiger partial charge in [0.1, 0.15) is 31.0 Å². The molecule has 1 saturated heterocycles. The van der Waals surface area contributed by atoms with Crippen LogP contribution in [0.3, 0.4) is 0 Å². The molecule has 7 heterocycles. The van der Waals surface area contributed by atoms with Gasteiger partial charge in [-0.05, 0) is 35.9 Å². The summed E-state index contributed by atoms with van der Waals surface area (Å²) >= 11 is 0. The molecule has 6 aromatic rings. The molecule has 0 aliphatic carbocycles. The number of piperidine rings is 1. The van der Waals surface area contributed by atoms with Crippen molar-refractivity contribution in [3.63, 3.8) is 0 Å². The second-order valence-electron chi connectivity index (χ2n) is 11.1. The fraction of sp³-hybridized carbons (Fsp3) is 0.226. The van der Waals surface area contributed by atoms with Crippen molar-refractivity contribution in [1.82, 2.24) is 34.2 Å². The number of pyridine rings is 2. The quantitative estimate of drug-likeness (QED) is 0.315. The van der Waals surface area contributed by atoms with Crippen molar-refractivity contribution in [2.24, 2.45) is 0 Å². The maximum absolute atomic E-state index is 15.7. The summed E-state index contributed by atoms with van der Waals surface area (Å²) in [5.74, 6) is -0.589. The van der Waals surface area contributed by atoms with Crippen LogP contribution in [0.4, 0.5) is 10.1 Å². The molecule has 2 aromatic carbocycles. The number of fused-ring (bicyclic) bond motifs is 3. The normalized spacial score (nSPS) is 19.4. The van der Waals surface area contributed by atoms with Gasteiger partial charge in [-0.25, -0.2) is 9.18 Å². The van der Waals surface area contributed by atoms with Crippen molar-refractivity contribution in [3.8, 4) is 11.1 Å². The molecule has 4 bridgehead atoms. The molecule has 208 valence electrons. The van der Waals surface area contributed by atoms with E-state index in [0.717, 1.165) is 22.0 Å². The number of carbonyl (C=O) groups excluding carboxylic acids is 2. The molecule has 9 rings (SSSR count). The third kappa shape index (κ3) is 3.53. The molecule has 42 heavy (non-hydrogen) atoms. The summed E-state index contributed by atoms with van der Waals surface area (Å²) in [5.41, 5.74) is 4.76. The molecule has 0 atom stereocenters. The van der Waals surface area contributed by atoms with E-state index in [4.69, 9.17) is 5.10 Å². The third-order valence-electron chi connectivity index (χ3n) is 8.88. The van der Waals surface area contributed by atoms with Gasteiger partial charge in [0.15, 0.2) is 0 Å². The minimum absolute atomic E-state index is 0.00662.